The molecule has 0 amide bonds. The van der Waals surface area contributed by atoms with Crippen molar-refractivity contribution in [2.75, 3.05) is 6.61 Å². The van der Waals surface area contributed by atoms with Gasteiger partial charge in [0.05, 0.1) is 11.5 Å². The average Bonchev–Trinajstić information content (AvgIpc) is 2.36. The van der Waals surface area contributed by atoms with Crippen LogP contribution in [0.4, 0.5) is 5.69 Å². The van der Waals surface area contributed by atoms with Gasteiger partial charge >= 0.3 is 0 Å². The first kappa shape index (κ1) is 13.2. The Labute approximate surface area is 96.1 Å². The first-order chi connectivity index (χ1) is 7.99. The van der Waals surface area contributed by atoms with Crippen LogP contribution in [0.25, 0.3) is 0 Å². The molecule has 0 saturated carbocycles. The number of nitrogens with zero attached hydrogens (tertiary/aromatic N) is 1. The van der Waals surface area contributed by atoms with Crippen molar-refractivity contribution in [2.45, 2.75) is 12.2 Å². The summed E-state index contributed by atoms with van der Waals surface area (Å²) in [6, 6.07) is 3.30. The van der Waals surface area contributed by atoms with Gasteiger partial charge in [0.2, 0.25) is 0 Å². The molecule has 0 bridgehead atoms. The Morgan fingerprint density at radius 1 is 1.35 bits per heavy atom. The van der Waals surface area contributed by atoms with Crippen LogP contribution in [-0.2, 0) is 0 Å². The highest BCUT2D eigenvalue weighted by Crippen LogP contribution is 2.23. The van der Waals surface area contributed by atoms with Crippen LogP contribution in [0.15, 0.2) is 18.2 Å². The van der Waals surface area contributed by atoms with Gasteiger partial charge in [-0.25, -0.2) is 0 Å². The van der Waals surface area contributed by atoms with E-state index >= 15 is 0 Å². The molecular formula is C10H11NO6. The third-order valence-electron chi connectivity index (χ3n) is 2.20. The minimum absolute atomic E-state index is 0.00264. The van der Waals surface area contributed by atoms with E-state index < -0.39 is 23.7 Å². The molecule has 1 aromatic carbocycles. The van der Waals surface area contributed by atoms with Crippen LogP contribution < -0.4 is 0 Å². The summed E-state index contributed by atoms with van der Waals surface area (Å²) in [4.78, 5) is 20.4. The Morgan fingerprint density at radius 2 is 2.00 bits per heavy atom. The van der Waals surface area contributed by atoms with Gasteiger partial charge in [-0.05, 0) is 11.6 Å². The molecule has 3 N–H and O–H groups in total. The summed E-state index contributed by atoms with van der Waals surface area (Å²) in [5.41, 5.74) is -0.352. The number of aliphatic hydroxyl groups excluding tert-OH is 3. The van der Waals surface area contributed by atoms with E-state index in [0.717, 1.165) is 12.1 Å². The van der Waals surface area contributed by atoms with Gasteiger partial charge in [0, 0.05) is 17.7 Å². The molecule has 0 spiro atoms. The maximum atomic E-state index is 10.6. The topological polar surface area (TPSA) is 121 Å². The highest BCUT2D eigenvalue weighted by molar-refractivity contribution is 5.76. The zero-order chi connectivity index (χ0) is 13.0. The van der Waals surface area contributed by atoms with Crippen molar-refractivity contribution in [1.29, 1.82) is 0 Å². The van der Waals surface area contributed by atoms with E-state index in [1.54, 1.807) is 0 Å². The molecule has 0 aliphatic carbocycles. The molecule has 0 aliphatic rings. The second-order valence-corrected chi connectivity index (χ2v) is 3.43. The predicted molar refractivity (Wildman–Crippen MR) is 56.5 cm³/mol. The molecule has 0 aliphatic heterocycles. The van der Waals surface area contributed by atoms with Crippen LogP contribution >= 0.6 is 0 Å². The standard InChI is InChI=1S/C10H11NO6/c12-4-6-1-7(10(15)9(14)5-13)3-8(2-6)11(16)17/h1-4,9-10,13-15H,5H2. The molecule has 17 heavy (non-hydrogen) atoms. The van der Waals surface area contributed by atoms with Gasteiger partial charge in [-0.1, -0.05) is 0 Å². The number of carbonyl (C=O) groups excluding carboxylic acids is 1. The molecule has 1 aromatic rings. The summed E-state index contributed by atoms with van der Waals surface area (Å²) in [6.07, 6.45) is -2.55. The lowest BCUT2D eigenvalue weighted by molar-refractivity contribution is -0.385. The summed E-state index contributed by atoms with van der Waals surface area (Å²) in [5, 5.41) is 38.0. The molecule has 2 atom stereocenters. The molecule has 0 saturated heterocycles. The van der Waals surface area contributed by atoms with Crippen molar-refractivity contribution in [3.05, 3.63) is 39.4 Å². The number of rotatable bonds is 5. The van der Waals surface area contributed by atoms with Crippen molar-refractivity contribution in [1.82, 2.24) is 0 Å². The number of hydrogen-bond donors (Lipinski definition) is 3. The lowest BCUT2D eigenvalue weighted by atomic mass is 10.0. The van der Waals surface area contributed by atoms with Crippen LogP contribution in [0, 0.1) is 10.1 Å². The molecule has 0 heterocycles. The lowest BCUT2D eigenvalue weighted by Gasteiger charge is -2.15. The van der Waals surface area contributed by atoms with Crippen LogP contribution in [0.5, 0.6) is 0 Å². The number of nitro benzene ring substituents is 1. The van der Waals surface area contributed by atoms with Gasteiger partial charge in [0.25, 0.3) is 5.69 Å². The summed E-state index contributed by atoms with van der Waals surface area (Å²) >= 11 is 0. The Bertz CT molecular complexity index is 433. The van der Waals surface area contributed by atoms with Crippen molar-refractivity contribution >= 4 is 12.0 Å². The normalized spacial score (nSPS) is 14.1. The number of nitro groups is 1. The second kappa shape index (κ2) is 5.48. The molecule has 92 valence electrons. The molecule has 1 rings (SSSR count). The molecule has 0 fully saturated rings. The molecule has 7 heteroatoms. The summed E-state index contributed by atoms with van der Waals surface area (Å²) in [5.74, 6) is 0. The molecule has 7 nitrogen and oxygen atoms in total. The quantitative estimate of drug-likeness (QED) is 0.372. The summed E-state index contributed by atoms with van der Waals surface area (Å²) < 4.78 is 0. The van der Waals surface area contributed by atoms with Crippen LogP contribution in [0.3, 0.4) is 0 Å². The largest absolute Gasteiger partial charge is 0.394 e. The van der Waals surface area contributed by atoms with Gasteiger partial charge in [-0.2, -0.15) is 0 Å². The fourth-order valence-electron chi connectivity index (χ4n) is 1.33. The second-order valence-electron chi connectivity index (χ2n) is 3.43. The van der Waals surface area contributed by atoms with Crippen molar-refractivity contribution < 1.29 is 25.0 Å². The average molecular weight is 241 g/mol. The lowest BCUT2D eigenvalue weighted by Crippen LogP contribution is -2.22. The van der Waals surface area contributed by atoms with Crippen LogP contribution in [0.2, 0.25) is 0 Å². The molecule has 2 unspecified atom stereocenters. The molecular weight excluding hydrogens is 230 g/mol. The summed E-state index contributed by atoms with van der Waals surface area (Å²) in [6.45, 7) is -0.694. The third-order valence-corrected chi connectivity index (χ3v) is 2.20. The molecule has 0 aromatic heterocycles. The van der Waals surface area contributed by atoms with Crippen LogP contribution in [-0.4, -0.2) is 39.2 Å². The SMILES string of the molecule is O=Cc1cc(C(O)C(O)CO)cc([N+](=O)[O-])c1. The van der Waals surface area contributed by atoms with Crippen LogP contribution in [0.1, 0.15) is 22.0 Å². The Hall–Kier alpha value is -1.83. The minimum atomic E-state index is -1.49. The van der Waals surface area contributed by atoms with Gasteiger partial charge < -0.3 is 15.3 Å². The minimum Gasteiger partial charge on any atom is -0.394 e. The Balaban J connectivity index is 3.19. The number of hydrogen-bond acceptors (Lipinski definition) is 6. The monoisotopic (exact) mass is 241 g/mol. The number of carbonyl (C=O) groups is 1. The van der Waals surface area contributed by atoms with Gasteiger partial charge in [-0.3, -0.25) is 14.9 Å². The van der Waals surface area contributed by atoms with E-state index in [1.165, 1.54) is 6.07 Å². The van der Waals surface area contributed by atoms with Gasteiger partial charge in [0.15, 0.2) is 0 Å². The Morgan fingerprint density at radius 3 is 2.47 bits per heavy atom. The zero-order valence-electron chi connectivity index (χ0n) is 8.68. The third kappa shape index (κ3) is 3.06. The highest BCUT2D eigenvalue weighted by Gasteiger charge is 2.20. The summed E-state index contributed by atoms with van der Waals surface area (Å²) in [7, 11) is 0. The maximum Gasteiger partial charge on any atom is 0.270 e. The van der Waals surface area contributed by atoms with Gasteiger partial charge in [0.1, 0.15) is 18.5 Å². The number of non-ortho nitro benzene ring substituents is 1. The van der Waals surface area contributed by atoms with E-state index in [4.69, 9.17) is 5.11 Å². The van der Waals surface area contributed by atoms with E-state index in [1.807, 2.05) is 0 Å². The molecule has 0 radical (unpaired) electrons. The van der Waals surface area contributed by atoms with Crippen molar-refractivity contribution in [3.8, 4) is 0 Å². The number of benzene rings is 1. The fourth-order valence-corrected chi connectivity index (χ4v) is 1.33. The van der Waals surface area contributed by atoms with E-state index in [9.17, 15) is 25.1 Å². The highest BCUT2D eigenvalue weighted by atomic mass is 16.6. The zero-order valence-corrected chi connectivity index (χ0v) is 8.68. The van der Waals surface area contributed by atoms with E-state index in [0.29, 0.717) is 6.29 Å². The Kier molecular flexibility index (Phi) is 4.27. The first-order valence-electron chi connectivity index (χ1n) is 4.71. The number of aldehydes is 1. The first-order valence-corrected chi connectivity index (χ1v) is 4.71. The van der Waals surface area contributed by atoms with E-state index in [-0.39, 0.29) is 16.8 Å². The van der Waals surface area contributed by atoms with Gasteiger partial charge in [-0.15, -0.1) is 0 Å². The fraction of sp³-hybridized carbons (Fsp3) is 0.300. The predicted octanol–water partition coefficient (Wildman–Crippen LogP) is -0.206. The smallest absolute Gasteiger partial charge is 0.270 e. The van der Waals surface area contributed by atoms with Crippen molar-refractivity contribution in [3.63, 3.8) is 0 Å². The van der Waals surface area contributed by atoms with Crippen molar-refractivity contribution in [2.24, 2.45) is 0 Å². The maximum absolute atomic E-state index is 10.6. The van der Waals surface area contributed by atoms with E-state index in [2.05, 4.69) is 0 Å². The number of aliphatic hydroxyl groups is 3.